The summed E-state index contributed by atoms with van der Waals surface area (Å²) in [5, 5.41) is 17.8. The molecular weight excluding hydrogens is 552 g/mol. The number of thioether (sulfide) groups is 1. The van der Waals surface area contributed by atoms with Gasteiger partial charge in [0.25, 0.3) is 0 Å². The second-order valence-corrected chi connectivity index (χ2v) is 10.4. The van der Waals surface area contributed by atoms with E-state index in [-0.39, 0.29) is 19.3 Å². The Morgan fingerprint density at radius 2 is 1.66 bits per heavy atom. The number of nitrogens with one attached hydrogen (secondary N) is 5. The molecule has 3 rings (SSSR count). The molecule has 1 aromatic carbocycles. The maximum atomic E-state index is 13.3. The first-order valence-electron chi connectivity index (χ1n) is 12.8. The lowest BCUT2D eigenvalue weighted by Gasteiger charge is -2.24. The number of para-hydroxylation sites is 1. The van der Waals surface area contributed by atoms with Crippen molar-refractivity contribution in [2.45, 2.75) is 49.9 Å². The molecule has 0 bridgehead atoms. The third kappa shape index (κ3) is 9.08. The number of amides is 4. The molecule has 15 heteroatoms. The number of rotatable bonds is 16. The zero-order valence-electron chi connectivity index (χ0n) is 22.4. The van der Waals surface area contributed by atoms with Crippen LogP contribution in [0, 0.1) is 0 Å². The molecule has 41 heavy (non-hydrogen) atoms. The molecule has 0 aliphatic heterocycles. The maximum absolute atomic E-state index is 13.3. The van der Waals surface area contributed by atoms with E-state index in [0.717, 1.165) is 16.5 Å². The maximum Gasteiger partial charge on any atom is 0.326 e. The number of carbonyl (C=O) groups is 5. The van der Waals surface area contributed by atoms with Crippen LogP contribution in [0.15, 0.2) is 43.0 Å². The first kappa shape index (κ1) is 31.2. The van der Waals surface area contributed by atoms with Crippen molar-refractivity contribution >= 4 is 52.3 Å². The van der Waals surface area contributed by atoms with Crippen LogP contribution in [-0.2, 0) is 36.8 Å². The quantitative estimate of drug-likeness (QED) is 0.104. The average Bonchev–Trinajstić information content (AvgIpc) is 3.59. The molecule has 3 aromatic rings. The number of fused-ring (bicyclic) bond motifs is 1. The van der Waals surface area contributed by atoms with Gasteiger partial charge in [0.2, 0.25) is 23.6 Å². The summed E-state index contributed by atoms with van der Waals surface area (Å²) in [7, 11) is 0. The molecular formula is C26H34N8O6S. The number of aliphatic carboxylic acids is 1. The van der Waals surface area contributed by atoms with Gasteiger partial charge in [0.15, 0.2) is 0 Å². The number of imidazole rings is 1. The summed E-state index contributed by atoms with van der Waals surface area (Å²) in [5.74, 6) is -3.93. The fourth-order valence-corrected chi connectivity index (χ4v) is 4.65. The van der Waals surface area contributed by atoms with Gasteiger partial charge in [-0.25, -0.2) is 9.78 Å². The molecule has 2 heterocycles. The molecule has 0 saturated carbocycles. The number of carbonyl (C=O) groups excluding carboxylic acids is 4. The summed E-state index contributed by atoms with van der Waals surface area (Å²) in [6, 6.07) is 2.56. The summed E-state index contributed by atoms with van der Waals surface area (Å²) in [5.41, 5.74) is 13.6. The molecule has 0 saturated heterocycles. The Labute approximate surface area is 239 Å². The third-order valence-corrected chi connectivity index (χ3v) is 6.97. The number of H-pyrrole nitrogens is 2. The molecule has 0 radical (unpaired) electrons. The van der Waals surface area contributed by atoms with Crippen molar-refractivity contribution in [2.24, 2.45) is 11.5 Å². The Morgan fingerprint density at radius 1 is 0.976 bits per heavy atom. The first-order chi connectivity index (χ1) is 19.6. The van der Waals surface area contributed by atoms with E-state index in [1.807, 2.05) is 30.5 Å². The van der Waals surface area contributed by atoms with E-state index in [9.17, 15) is 29.1 Å². The molecule has 4 atom stereocenters. The van der Waals surface area contributed by atoms with Crippen molar-refractivity contribution in [3.05, 3.63) is 54.2 Å². The van der Waals surface area contributed by atoms with Crippen LogP contribution in [0.5, 0.6) is 0 Å². The Balaban J connectivity index is 1.73. The highest BCUT2D eigenvalue weighted by Gasteiger charge is 2.31. The summed E-state index contributed by atoms with van der Waals surface area (Å²) >= 11 is 1.42. The van der Waals surface area contributed by atoms with Crippen LogP contribution in [0.4, 0.5) is 0 Å². The number of aromatic amines is 2. The second kappa shape index (κ2) is 14.9. The molecule has 0 fully saturated rings. The molecule has 0 aliphatic carbocycles. The van der Waals surface area contributed by atoms with Gasteiger partial charge < -0.3 is 42.5 Å². The van der Waals surface area contributed by atoms with Crippen molar-refractivity contribution in [3.63, 3.8) is 0 Å². The van der Waals surface area contributed by atoms with Gasteiger partial charge in [-0.05, 0) is 36.5 Å². The lowest BCUT2D eigenvalue weighted by molar-refractivity contribution is -0.142. The van der Waals surface area contributed by atoms with E-state index < -0.39 is 60.2 Å². The third-order valence-electron chi connectivity index (χ3n) is 6.33. The van der Waals surface area contributed by atoms with Gasteiger partial charge in [0.1, 0.15) is 18.1 Å². The predicted octanol–water partition coefficient (Wildman–Crippen LogP) is -0.829. The molecule has 4 amide bonds. The molecule has 4 unspecified atom stereocenters. The van der Waals surface area contributed by atoms with Gasteiger partial charge in [-0.1, -0.05) is 18.2 Å². The van der Waals surface area contributed by atoms with E-state index in [2.05, 4.69) is 30.9 Å². The standard InChI is InChI=1S/C26H34N8O6S/c1-41-7-6-19(26(39)40)32-24(37)20(9-15-12-29-13-31-15)34-25(38)21(10-22(28)35)33-23(36)17(27)8-14-11-30-18-5-3-2-4-16(14)18/h2-5,11-13,17,19-21,30H,6-10,27H2,1H3,(H2,28,35)(H,29,31)(H,32,37)(H,33,36)(H,34,38)(H,39,40). The van der Waals surface area contributed by atoms with Gasteiger partial charge in [0.05, 0.1) is 18.8 Å². The number of benzene rings is 1. The van der Waals surface area contributed by atoms with Gasteiger partial charge in [-0.2, -0.15) is 11.8 Å². The number of carboxylic acids is 1. The Kier molecular flexibility index (Phi) is 11.3. The van der Waals surface area contributed by atoms with E-state index >= 15 is 0 Å². The highest BCUT2D eigenvalue weighted by molar-refractivity contribution is 7.98. The Hall–Kier alpha value is -4.37. The fraction of sp³-hybridized carbons (Fsp3) is 0.385. The molecule has 10 N–H and O–H groups in total. The van der Waals surface area contributed by atoms with Crippen LogP contribution in [-0.4, -0.2) is 85.8 Å². The molecule has 14 nitrogen and oxygen atoms in total. The van der Waals surface area contributed by atoms with Crippen molar-refractivity contribution in [3.8, 4) is 0 Å². The fourth-order valence-electron chi connectivity index (χ4n) is 4.18. The van der Waals surface area contributed by atoms with Gasteiger partial charge in [0, 0.05) is 35.4 Å². The van der Waals surface area contributed by atoms with Gasteiger partial charge in [-0.15, -0.1) is 0 Å². The minimum atomic E-state index is -1.43. The normalized spacial score (nSPS) is 14.0. The topological polar surface area (TPSA) is 238 Å². The minimum absolute atomic E-state index is 0.0657. The number of hydrogen-bond acceptors (Lipinski definition) is 8. The summed E-state index contributed by atoms with van der Waals surface area (Å²) < 4.78 is 0. The van der Waals surface area contributed by atoms with Crippen molar-refractivity contribution in [2.75, 3.05) is 12.0 Å². The Morgan fingerprint density at radius 3 is 2.32 bits per heavy atom. The van der Waals surface area contributed by atoms with Crippen LogP contribution in [0.2, 0.25) is 0 Å². The van der Waals surface area contributed by atoms with Gasteiger partial charge >= 0.3 is 5.97 Å². The van der Waals surface area contributed by atoms with Crippen molar-refractivity contribution < 1.29 is 29.1 Å². The van der Waals surface area contributed by atoms with Crippen molar-refractivity contribution in [1.29, 1.82) is 0 Å². The van der Waals surface area contributed by atoms with Crippen molar-refractivity contribution in [1.82, 2.24) is 30.9 Å². The highest BCUT2D eigenvalue weighted by Crippen LogP contribution is 2.18. The number of nitrogens with zero attached hydrogens (tertiary/aromatic N) is 1. The lowest BCUT2D eigenvalue weighted by atomic mass is 10.0. The number of primary amides is 1. The van der Waals surface area contributed by atoms with E-state index in [0.29, 0.717) is 11.4 Å². The molecule has 0 spiro atoms. The monoisotopic (exact) mass is 586 g/mol. The number of hydrogen-bond donors (Lipinski definition) is 8. The molecule has 2 aromatic heterocycles. The zero-order valence-corrected chi connectivity index (χ0v) is 23.2. The average molecular weight is 587 g/mol. The molecule has 220 valence electrons. The van der Waals surface area contributed by atoms with Crippen LogP contribution in [0.25, 0.3) is 10.9 Å². The Bertz CT molecular complexity index is 1360. The largest absolute Gasteiger partial charge is 0.480 e. The number of aromatic nitrogens is 3. The predicted molar refractivity (Wildman–Crippen MR) is 153 cm³/mol. The smallest absolute Gasteiger partial charge is 0.326 e. The summed E-state index contributed by atoms with van der Waals surface area (Å²) in [6.07, 6.45) is 6.08. The van der Waals surface area contributed by atoms with E-state index in [1.54, 1.807) is 6.20 Å². The SMILES string of the molecule is CSCCC(NC(=O)C(Cc1cnc[nH]1)NC(=O)C(CC(N)=O)NC(=O)C(N)Cc1c[nH]c2ccccc12)C(=O)O. The lowest BCUT2D eigenvalue weighted by Crippen LogP contribution is -2.58. The van der Waals surface area contributed by atoms with Crippen LogP contribution in [0.3, 0.4) is 0 Å². The van der Waals surface area contributed by atoms with E-state index in [1.165, 1.54) is 24.3 Å². The number of carboxylic acid groups (broad SMARTS) is 1. The first-order valence-corrected chi connectivity index (χ1v) is 14.2. The van der Waals surface area contributed by atoms with E-state index in [4.69, 9.17) is 11.5 Å². The zero-order chi connectivity index (χ0) is 29.9. The molecule has 0 aliphatic rings. The summed E-state index contributed by atoms with van der Waals surface area (Å²) in [4.78, 5) is 72.6. The van der Waals surface area contributed by atoms with Crippen LogP contribution >= 0.6 is 11.8 Å². The number of nitrogens with two attached hydrogens (primary N) is 2. The highest BCUT2D eigenvalue weighted by atomic mass is 32.2. The van der Waals surface area contributed by atoms with Gasteiger partial charge in [-0.3, -0.25) is 19.2 Å². The second-order valence-electron chi connectivity index (χ2n) is 9.42. The van der Waals surface area contributed by atoms with Crippen LogP contribution < -0.4 is 27.4 Å². The summed E-state index contributed by atoms with van der Waals surface area (Å²) in [6.45, 7) is 0. The van der Waals surface area contributed by atoms with Crippen LogP contribution in [0.1, 0.15) is 24.1 Å². The minimum Gasteiger partial charge on any atom is -0.480 e.